The van der Waals surface area contributed by atoms with Crippen molar-refractivity contribution >= 4 is 47.3 Å². The number of nitrogens with two attached hydrogens (primary N) is 1. The summed E-state index contributed by atoms with van der Waals surface area (Å²) in [5.74, 6) is -6.19. The van der Waals surface area contributed by atoms with Gasteiger partial charge >= 0.3 is 5.97 Å². The number of nitrogens with zero attached hydrogens (tertiary/aromatic N) is 1. The van der Waals surface area contributed by atoms with Crippen LogP contribution in [0, 0.1) is 5.92 Å². The number of carbonyl (C=O) groups excluding carboxylic acids is 7. The molecule has 1 heterocycles. The highest BCUT2D eigenvalue weighted by molar-refractivity contribution is 5.95. The number of benzene rings is 1. The van der Waals surface area contributed by atoms with Gasteiger partial charge in [0.25, 0.3) is 0 Å². The van der Waals surface area contributed by atoms with E-state index in [9.17, 15) is 43.5 Å². The van der Waals surface area contributed by atoms with Gasteiger partial charge in [-0.15, -0.1) is 0 Å². The van der Waals surface area contributed by atoms with Crippen LogP contribution in [0.25, 0.3) is 0 Å². The monoisotopic (exact) mass is 728 g/mol. The molecule has 0 unspecified atom stereocenters. The van der Waals surface area contributed by atoms with Crippen molar-refractivity contribution in [1.29, 1.82) is 0 Å². The summed E-state index contributed by atoms with van der Waals surface area (Å²) in [4.78, 5) is 106. The summed E-state index contributed by atoms with van der Waals surface area (Å²) in [6, 6.07) is 3.56. The number of nitrogens with one attached hydrogen (secondary N) is 8. The molecule has 11 N–H and O–H groups in total. The zero-order valence-corrected chi connectivity index (χ0v) is 29.5. The number of carbonyl (C=O) groups is 8. The number of aromatic nitrogens is 2. The summed E-state index contributed by atoms with van der Waals surface area (Å²) in [7, 11) is 0. The molecule has 0 aliphatic heterocycles. The fraction of sp³-hybridized carbons (Fsp3) is 0.485. The predicted octanol–water partition coefficient (Wildman–Crippen LogP) is -3.02. The van der Waals surface area contributed by atoms with Crippen molar-refractivity contribution in [3.63, 3.8) is 0 Å². The maximum absolute atomic E-state index is 13.0. The lowest BCUT2D eigenvalue weighted by molar-refractivity contribution is -0.142. The van der Waals surface area contributed by atoms with Crippen molar-refractivity contribution in [2.24, 2.45) is 11.7 Å². The quantitative estimate of drug-likeness (QED) is 0.0617. The van der Waals surface area contributed by atoms with Gasteiger partial charge < -0.3 is 53.0 Å². The molecule has 2 rings (SSSR count). The van der Waals surface area contributed by atoms with Gasteiger partial charge in [-0.1, -0.05) is 44.2 Å². The zero-order valence-electron chi connectivity index (χ0n) is 29.5. The number of rotatable bonds is 21. The Hall–Kier alpha value is -5.85. The second-order valence-electron chi connectivity index (χ2n) is 12.4. The smallest absolute Gasteiger partial charge is 0.326 e. The van der Waals surface area contributed by atoms with Crippen LogP contribution in [0.4, 0.5) is 0 Å². The Bertz CT molecular complexity index is 1540. The molecule has 52 heavy (non-hydrogen) atoms. The Labute approximate surface area is 300 Å². The van der Waals surface area contributed by atoms with Crippen molar-refractivity contribution < 1.29 is 43.5 Å². The molecule has 0 saturated heterocycles. The Kier molecular flexibility index (Phi) is 17.4. The molecule has 1 aromatic heterocycles. The molecular formula is C33H48N10O9. The fourth-order valence-corrected chi connectivity index (χ4v) is 4.62. The van der Waals surface area contributed by atoms with Crippen LogP contribution < -0.4 is 43.0 Å². The van der Waals surface area contributed by atoms with Gasteiger partial charge in [0.1, 0.15) is 24.2 Å². The third kappa shape index (κ3) is 15.8. The van der Waals surface area contributed by atoms with E-state index in [0.717, 1.165) is 5.56 Å². The molecule has 0 aliphatic rings. The van der Waals surface area contributed by atoms with Crippen LogP contribution in [0.5, 0.6) is 0 Å². The molecule has 0 saturated carbocycles. The van der Waals surface area contributed by atoms with Gasteiger partial charge in [0.2, 0.25) is 41.4 Å². The second kappa shape index (κ2) is 21.4. The van der Waals surface area contributed by atoms with Gasteiger partial charge in [-0.3, -0.25) is 33.6 Å². The van der Waals surface area contributed by atoms with Crippen molar-refractivity contribution in [2.45, 2.75) is 77.2 Å². The van der Waals surface area contributed by atoms with Gasteiger partial charge in [-0.05, 0) is 38.2 Å². The minimum Gasteiger partial charge on any atom is -0.480 e. The maximum Gasteiger partial charge on any atom is 0.326 e. The number of aromatic amines is 1. The Balaban J connectivity index is 1.73. The van der Waals surface area contributed by atoms with Crippen LogP contribution in [-0.4, -0.2) is 112 Å². The van der Waals surface area contributed by atoms with Gasteiger partial charge in [0.05, 0.1) is 37.7 Å². The second-order valence-corrected chi connectivity index (χ2v) is 12.4. The van der Waals surface area contributed by atoms with Crippen LogP contribution in [0.1, 0.15) is 45.4 Å². The first-order valence-electron chi connectivity index (χ1n) is 16.6. The number of carboxylic acid groups (broad SMARTS) is 1. The molecule has 5 atom stereocenters. The molecule has 0 bridgehead atoms. The number of hydrogen-bond acceptors (Lipinski definition) is 10. The highest BCUT2D eigenvalue weighted by Crippen LogP contribution is 2.07. The normalized spacial score (nSPS) is 13.7. The summed E-state index contributed by atoms with van der Waals surface area (Å²) in [6.07, 6.45) is 3.24. The summed E-state index contributed by atoms with van der Waals surface area (Å²) in [5.41, 5.74) is 7.15. The summed E-state index contributed by atoms with van der Waals surface area (Å²) < 4.78 is 0. The van der Waals surface area contributed by atoms with Gasteiger partial charge in [-0.2, -0.15) is 0 Å². The van der Waals surface area contributed by atoms with Crippen molar-refractivity contribution in [3.05, 3.63) is 54.1 Å². The minimum absolute atomic E-state index is 0.0629. The fourth-order valence-electron chi connectivity index (χ4n) is 4.62. The largest absolute Gasteiger partial charge is 0.480 e. The summed E-state index contributed by atoms with van der Waals surface area (Å²) in [5, 5.41) is 26.3. The Morgan fingerprint density at radius 1 is 0.692 bits per heavy atom. The molecule has 19 heteroatoms. The van der Waals surface area contributed by atoms with E-state index in [1.165, 1.54) is 26.4 Å². The molecule has 1 aromatic carbocycles. The highest BCUT2D eigenvalue weighted by atomic mass is 16.4. The molecule has 0 radical (unpaired) electrons. The van der Waals surface area contributed by atoms with Gasteiger partial charge in [0.15, 0.2) is 0 Å². The van der Waals surface area contributed by atoms with Crippen molar-refractivity contribution in [2.75, 3.05) is 19.6 Å². The summed E-state index contributed by atoms with van der Waals surface area (Å²) in [6.45, 7) is 4.87. The molecule has 0 aliphatic carbocycles. The lowest BCUT2D eigenvalue weighted by atomic mass is 10.0. The molecule has 0 fully saturated rings. The predicted molar refractivity (Wildman–Crippen MR) is 186 cm³/mol. The summed E-state index contributed by atoms with van der Waals surface area (Å²) >= 11 is 0. The third-order valence-electron chi connectivity index (χ3n) is 7.39. The highest BCUT2D eigenvalue weighted by Gasteiger charge is 2.29. The van der Waals surface area contributed by atoms with E-state index in [0.29, 0.717) is 5.69 Å². The first-order valence-corrected chi connectivity index (χ1v) is 16.6. The van der Waals surface area contributed by atoms with E-state index in [-0.39, 0.29) is 25.2 Å². The molecule has 0 spiro atoms. The first-order chi connectivity index (χ1) is 24.5. The average Bonchev–Trinajstić information content (AvgIpc) is 3.61. The number of aliphatic carboxylic acids is 1. The van der Waals surface area contributed by atoms with E-state index in [2.05, 4.69) is 47.2 Å². The number of amides is 7. The number of H-pyrrole nitrogens is 1. The van der Waals surface area contributed by atoms with E-state index in [1.807, 2.05) is 44.2 Å². The first kappa shape index (κ1) is 42.3. The lowest BCUT2D eigenvalue weighted by Gasteiger charge is -2.24. The lowest BCUT2D eigenvalue weighted by Crippen LogP contribution is -2.56. The molecule has 19 nitrogen and oxygen atoms in total. The topological polar surface area (TPSA) is 296 Å². The van der Waals surface area contributed by atoms with E-state index in [1.54, 1.807) is 0 Å². The third-order valence-corrected chi connectivity index (χ3v) is 7.39. The minimum atomic E-state index is -1.30. The Morgan fingerprint density at radius 2 is 1.25 bits per heavy atom. The molecule has 284 valence electrons. The molecular weight excluding hydrogens is 680 g/mol. The maximum atomic E-state index is 13.0. The SMILES string of the molecule is CC(C)C[C@H](NC(=O)[C@H](C)NC(=O)CNC(=O)[C@H](C)NC(=O)CNC(=O)CNC(=O)[C@@H](N)Cc1ccccc1)C(=O)N[C@@H](Cc1c[nH]cn1)C(=O)O. The Morgan fingerprint density at radius 3 is 1.83 bits per heavy atom. The van der Waals surface area contributed by atoms with Crippen LogP contribution in [0.15, 0.2) is 42.9 Å². The van der Waals surface area contributed by atoms with Crippen LogP contribution in [-0.2, 0) is 51.2 Å². The van der Waals surface area contributed by atoms with Crippen LogP contribution in [0.3, 0.4) is 0 Å². The van der Waals surface area contributed by atoms with Gasteiger partial charge in [-0.25, -0.2) is 9.78 Å². The molecule has 2 aromatic rings. The molecule has 7 amide bonds. The van der Waals surface area contributed by atoms with Crippen molar-refractivity contribution in [3.8, 4) is 0 Å². The zero-order chi connectivity index (χ0) is 38.8. The van der Waals surface area contributed by atoms with E-state index in [4.69, 9.17) is 5.73 Å². The number of carboxylic acids is 1. The number of hydrogen-bond donors (Lipinski definition) is 10. The van der Waals surface area contributed by atoms with Crippen molar-refractivity contribution in [1.82, 2.24) is 47.2 Å². The van der Waals surface area contributed by atoms with E-state index < -0.39 is 97.2 Å². The number of imidazole rings is 1. The van der Waals surface area contributed by atoms with Crippen LogP contribution >= 0.6 is 0 Å². The van der Waals surface area contributed by atoms with Crippen LogP contribution in [0.2, 0.25) is 0 Å². The van der Waals surface area contributed by atoms with E-state index >= 15 is 0 Å². The standard InChI is InChI=1S/C33H48N10O9/c1-18(2)10-24(32(50)43-25(33(51)52)12-22-13-35-17-39-22)42-30(48)20(4)41-28(46)16-37-29(47)19(3)40-27(45)15-36-26(44)14-38-31(49)23(34)11-21-8-6-5-7-9-21/h5-9,13,17-20,23-25H,10-12,14-16,34H2,1-4H3,(H,35,39)(H,36,44)(H,37,47)(H,38,49)(H,40,45)(H,41,46)(H,42,48)(H,43,50)(H,51,52)/t19-,20-,23-,24-,25-/m0/s1. The van der Waals surface area contributed by atoms with Gasteiger partial charge in [0, 0.05) is 12.6 Å². The average molecular weight is 729 g/mol.